The number of nitrogens with two attached hydrogens (primary N) is 1. The van der Waals surface area contributed by atoms with Crippen LogP contribution in [0.4, 0.5) is 0 Å². The first-order valence-electron chi connectivity index (χ1n) is 7.66. The molecule has 0 aliphatic heterocycles. The zero-order chi connectivity index (χ0) is 16.1. The third-order valence-electron chi connectivity index (χ3n) is 4.00. The average molecular weight is 300 g/mol. The highest BCUT2D eigenvalue weighted by Gasteiger charge is 2.22. The van der Waals surface area contributed by atoms with Crippen molar-refractivity contribution in [1.82, 2.24) is 4.90 Å². The number of hydrogen-bond donors (Lipinski definition) is 1. The van der Waals surface area contributed by atoms with Crippen molar-refractivity contribution in [3.63, 3.8) is 0 Å². The highest BCUT2D eigenvalue weighted by Crippen LogP contribution is 2.16. The summed E-state index contributed by atoms with van der Waals surface area (Å²) in [6, 6.07) is 12.0. The van der Waals surface area contributed by atoms with E-state index in [9.17, 15) is 4.79 Å². The summed E-state index contributed by atoms with van der Waals surface area (Å²) in [4.78, 5) is 14.3. The molecule has 1 aromatic heterocycles. The van der Waals surface area contributed by atoms with Crippen LogP contribution in [0.3, 0.4) is 0 Å². The van der Waals surface area contributed by atoms with Gasteiger partial charge in [0.25, 0.3) is 5.91 Å². The predicted molar refractivity (Wildman–Crippen MR) is 87.7 cm³/mol. The zero-order valence-electron chi connectivity index (χ0n) is 13.5. The summed E-state index contributed by atoms with van der Waals surface area (Å²) in [6.07, 6.45) is 1.73. The Morgan fingerprint density at radius 2 is 1.91 bits per heavy atom. The lowest BCUT2D eigenvalue weighted by Gasteiger charge is -2.26. The quantitative estimate of drug-likeness (QED) is 0.891. The van der Waals surface area contributed by atoms with Gasteiger partial charge in [-0.05, 0) is 37.5 Å². The number of rotatable bonds is 6. The Balaban J connectivity index is 2.08. The van der Waals surface area contributed by atoms with Crippen molar-refractivity contribution in [2.45, 2.75) is 39.3 Å². The molecule has 1 atom stereocenters. The number of furan rings is 1. The molecule has 0 saturated heterocycles. The van der Waals surface area contributed by atoms with Crippen LogP contribution in [0.2, 0.25) is 0 Å². The van der Waals surface area contributed by atoms with E-state index in [1.807, 2.05) is 7.05 Å². The third-order valence-corrected chi connectivity index (χ3v) is 4.00. The van der Waals surface area contributed by atoms with Gasteiger partial charge in [0.15, 0.2) is 5.76 Å². The van der Waals surface area contributed by atoms with Gasteiger partial charge in [0.1, 0.15) is 5.76 Å². The first-order chi connectivity index (χ1) is 10.5. The molecule has 2 rings (SSSR count). The molecule has 0 radical (unpaired) electrons. The summed E-state index contributed by atoms with van der Waals surface area (Å²) in [5.41, 5.74) is 8.00. The minimum Gasteiger partial charge on any atom is -0.455 e. The number of aryl methyl sites for hydroxylation is 1. The molecule has 2 aromatic rings. The number of benzene rings is 1. The summed E-state index contributed by atoms with van der Waals surface area (Å²) in [5.74, 6) is 0.882. The third kappa shape index (κ3) is 3.77. The van der Waals surface area contributed by atoms with Crippen LogP contribution in [0.15, 0.2) is 40.8 Å². The number of likely N-dealkylation sites (N-methyl/N-ethyl adjacent to an activating group) is 1. The molecular formula is C18H24N2O2. The van der Waals surface area contributed by atoms with E-state index in [2.05, 4.69) is 38.1 Å². The van der Waals surface area contributed by atoms with Crippen LogP contribution in [0, 0.1) is 6.92 Å². The van der Waals surface area contributed by atoms with Gasteiger partial charge in [-0.3, -0.25) is 4.79 Å². The van der Waals surface area contributed by atoms with Gasteiger partial charge in [-0.2, -0.15) is 0 Å². The lowest BCUT2D eigenvalue weighted by Crippen LogP contribution is -2.38. The van der Waals surface area contributed by atoms with Crippen molar-refractivity contribution in [3.8, 4) is 0 Å². The minimum atomic E-state index is -0.0985. The maximum Gasteiger partial charge on any atom is 0.289 e. The molecule has 1 unspecified atom stereocenters. The minimum absolute atomic E-state index is 0.0985. The number of nitrogens with zero attached hydrogens (tertiary/aromatic N) is 1. The van der Waals surface area contributed by atoms with Gasteiger partial charge in [0, 0.05) is 13.1 Å². The molecule has 2 N–H and O–H groups in total. The van der Waals surface area contributed by atoms with Gasteiger partial charge in [-0.15, -0.1) is 0 Å². The lowest BCUT2D eigenvalue weighted by molar-refractivity contribution is 0.0693. The average Bonchev–Trinajstić information content (AvgIpc) is 3.02. The smallest absolute Gasteiger partial charge is 0.289 e. The molecule has 0 bridgehead atoms. The molecule has 118 valence electrons. The molecule has 4 nitrogen and oxygen atoms in total. The van der Waals surface area contributed by atoms with Crippen LogP contribution in [-0.4, -0.2) is 23.9 Å². The molecular weight excluding hydrogens is 276 g/mol. The summed E-state index contributed by atoms with van der Waals surface area (Å²) in [7, 11) is 1.83. The molecule has 22 heavy (non-hydrogen) atoms. The number of carbonyl (C=O) groups is 1. The van der Waals surface area contributed by atoms with E-state index in [1.165, 1.54) is 11.1 Å². The van der Waals surface area contributed by atoms with E-state index in [1.54, 1.807) is 17.0 Å². The summed E-state index contributed by atoms with van der Waals surface area (Å²) in [6.45, 7) is 4.47. The van der Waals surface area contributed by atoms with E-state index in [0.717, 1.165) is 12.8 Å². The maximum absolute atomic E-state index is 12.5. The molecule has 0 spiro atoms. The summed E-state index contributed by atoms with van der Waals surface area (Å²) >= 11 is 0. The topological polar surface area (TPSA) is 59.5 Å². The first kappa shape index (κ1) is 16.3. The van der Waals surface area contributed by atoms with Gasteiger partial charge < -0.3 is 15.1 Å². The van der Waals surface area contributed by atoms with E-state index in [4.69, 9.17) is 10.2 Å². The van der Waals surface area contributed by atoms with E-state index in [0.29, 0.717) is 18.1 Å². The molecule has 0 aliphatic carbocycles. The first-order valence-corrected chi connectivity index (χ1v) is 7.66. The predicted octanol–water partition coefficient (Wildman–Crippen LogP) is 3.14. The van der Waals surface area contributed by atoms with Gasteiger partial charge in [0.05, 0.1) is 6.54 Å². The highest BCUT2D eigenvalue weighted by atomic mass is 16.4. The molecule has 0 fully saturated rings. The highest BCUT2D eigenvalue weighted by molar-refractivity contribution is 5.91. The molecule has 0 aliphatic rings. The zero-order valence-corrected chi connectivity index (χ0v) is 13.5. The van der Waals surface area contributed by atoms with Crippen LogP contribution in [0.1, 0.15) is 40.8 Å². The fourth-order valence-corrected chi connectivity index (χ4v) is 2.49. The van der Waals surface area contributed by atoms with Crippen molar-refractivity contribution < 1.29 is 9.21 Å². The Bertz CT molecular complexity index is 616. The van der Waals surface area contributed by atoms with E-state index >= 15 is 0 Å². The van der Waals surface area contributed by atoms with Crippen molar-refractivity contribution >= 4 is 5.91 Å². The standard InChI is InChI=1S/C18H24N2O2/c1-4-15(11-14-7-5-13(2)6-8-14)20(3)18(21)17-10-9-16(12-19)22-17/h5-10,15H,4,11-12,19H2,1-3H3. The van der Waals surface area contributed by atoms with Gasteiger partial charge in [-0.25, -0.2) is 0 Å². The summed E-state index contributed by atoms with van der Waals surface area (Å²) < 4.78 is 5.46. The van der Waals surface area contributed by atoms with Crippen LogP contribution in [0.25, 0.3) is 0 Å². The van der Waals surface area contributed by atoms with Crippen LogP contribution < -0.4 is 5.73 Å². The Labute approximate surface area is 131 Å². The Hall–Kier alpha value is -2.07. The molecule has 0 saturated carbocycles. The molecule has 1 heterocycles. The van der Waals surface area contributed by atoms with Crippen LogP contribution >= 0.6 is 0 Å². The summed E-state index contributed by atoms with van der Waals surface area (Å²) in [5, 5.41) is 0. The Morgan fingerprint density at radius 1 is 1.23 bits per heavy atom. The number of carbonyl (C=O) groups excluding carboxylic acids is 1. The number of hydrogen-bond acceptors (Lipinski definition) is 3. The normalized spacial score (nSPS) is 12.2. The fourth-order valence-electron chi connectivity index (χ4n) is 2.49. The SMILES string of the molecule is CCC(Cc1ccc(C)cc1)N(C)C(=O)c1ccc(CN)o1. The lowest BCUT2D eigenvalue weighted by atomic mass is 10.0. The van der Waals surface area contributed by atoms with Crippen LogP contribution in [0.5, 0.6) is 0 Å². The molecule has 4 heteroatoms. The van der Waals surface area contributed by atoms with Crippen molar-refractivity contribution in [2.24, 2.45) is 5.73 Å². The van der Waals surface area contributed by atoms with Gasteiger partial charge >= 0.3 is 0 Å². The van der Waals surface area contributed by atoms with E-state index in [-0.39, 0.29) is 11.9 Å². The van der Waals surface area contributed by atoms with Crippen LogP contribution in [-0.2, 0) is 13.0 Å². The maximum atomic E-state index is 12.5. The Kier molecular flexibility index (Phi) is 5.39. The van der Waals surface area contributed by atoms with Crippen molar-refractivity contribution in [2.75, 3.05) is 7.05 Å². The fraction of sp³-hybridized carbons (Fsp3) is 0.389. The van der Waals surface area contributed by atoms with Gasteiger partial charge in [-0.1, -0.05) is 36.8 Å². The second kappa shape index (κ2) is 7.27. The van der Waals surface area contributed by atoms with Crippen molar-refractivity contribution in [3.05, 3.63) is 59.0 Å². The monoisotopic (exact) mass is 300 g/mol. The second-order valence-corrected chi connectivity index (χ2v) is 5.64. The van der Waals surface area contributed by atoms with E-state index < -0.39 is 0 Å². The Morgan fingerprint density at radius 3 is 2.45 bits per heavy atom. The van der Waals surface area contributed by atoms with Crippen molar-refractivity contribution in [1.29, 1.82) is 0 Å². The second-order valence-electron chi connectivity index (χ2n) is 5.64. The van der Waals surface area contributed by atoms with Gasteiger partial charge in [0.2, 0.25) is 0 Å². The molecule has 1 amide bonds. The number of amides is 1. The largest absolute Gasteiger partial charge is 0.455 e. The molecule has 1 aromatic carbocycles.